The summed E-state index contributed by atoms with van der Waals surface area (Å²) in [6, 6.07) is 5.99. The summed E-state index contributed by atoms with van der Waals surface area (Å²) in [6.07, 6.45) is 2.73. The van der Waals surface area contributed by atoms with Crippen LogP contribution in [0.25, 0.3) is 0 Å². The molecule has 0 unspecified atom stereocenters. The molecular formula is C18H21N3O4S2. The average Bonchev–Trinajstić information content (AvgIpc) is 3.03. The van der Waals surface area contributed by atoms with Crippen molar-refractivity contribution in [2.45, 2.75) is 38.0 Å². The third kappa shape index (κ3) is 4.26. The molecule has 0 bridgehead atoms. The summed E-state index contributed by atoms with van der Waals surface area (Å²) in [5, 5.41) is 2.95. The first-order chi connectivity index (χ1) is 12.8. The van der Waals surface area contributed by atoms with E-state index in [1.165, 1.54) is 23.4 Å². The molecular weight excluding hydrogens is 386 g/mol. The van der Waals surface area contributed by atoms with Crippen molar-refractivity contribution >= 4 is 38.2 Å². The number of nitrogens with zero attached hydrogens (tertiary/aromatic N) is 2. The van der Waals surface area contributed by atoms with Crippen molar-refractivity contribution in [2.75, 3.05) is 18.4 Å². The van der Waals surface area contributed by atoms with Gasteiger partial charge in [0.1, 0.15) is 0 Å². The number of rotatable bonds is 5. The van der Waals surface area contributed by atoms with Crippen molar-refractivity contribution in [3.63, 3.8) is 0 Å². The molecule has 0 radical (unpaired) electrons. The zero-order chi connectivity index (χ0) is 19.6. The number of sulfonamides is 1. The molecule has 1 aliphatic heterocycles. The first-order valence-electron chi connectivity index (χ1n) is 8.69. The highest BCUT2D eigenvalue weighted by atomic mass is 32.2. The van der Waals surface area contributed by atoms with Crippen molar-refractivity contribution in [1.29, 1.82) is 0 Å². The van der Waals surface area contributed by atoms with E-state index >= 15 is 0 Å². The molecule has 27 heavy (non-hydrogen) atoms. The Bertz CT molecular complexity index is 976. The molecule has 1 aliphatic rings. The summed E-state index contributed by atoms with van der Waals surface area (Å²) in [5.41, 5.74) is 0.787. The highest BCUT2D eigenvalue weighted by Crippen LogP contribution is 2.25. The SMILES string of the molecule is CC(=O)c1sc(NC(=O)c2cccc(S(=O)(=O)N3CCCCC3)c2)nc1C. The van der Waals surface area contributed by atoms with E-state index in [0.29, 0.717) is 28.8 Å². The van der Waals surface area contributed by atoms with E-state index in [9.17, 15) is 18.0 Å². The second-order valence-corrected chi connectivity index (χ2v) is 9.37. The van der Waals surface area contributed by atoms with Gasteiger partial charge in [-0.1, -0.05) is 23.8 Å². The van der Waals surface area contributed by atoms with Gasteiger partial charge in [0.15, 0.2) is 10.9 Å². The van der Waals surface area contributed by atoms with E-state index in [0.717, 1.165) is 30.6 Å². The molecule has 1 aromatic heterocycles. The van der Waals surface area contributed by atoms with E-state index < -0.39 is 15.9 Å². The van der Waals surface area contributed by atoms with Crippen LogP contribution in [-0.4, -0.2) is 42.5 Å². The predicted octanol–water partition coefficient (Wildman–Crippen LogP) is 3.08. The second-order valence-electron chi connectivity index (χ2n) is 6.44. The summed E-state index contributed by atoms with van der Waals surface area (Å²) < 4.78 is 27.0. The molecule has 2 aromatic rings. The molecule has 0 atom stereocenters. The number of hydrogen-bond acceptors (Lipinski definition) is 6. The lowest BCUT2D eigenvalue weighted by Crippen LogP contribution is -2.35. The number of amides is 1. The number of piperidine rings is 1. The third-order valence-electron chi connectivity index (χ3n) is 4.39. The van der Waals surface area contributed by atoms with E-state index in [-0.39, 0.29) is 16.2 Å². The number of benzene rings is 1. The van der Waals surface area contributed by atoms with E-state index in [4.69, 9.17) is 0 Å². The lowest BCUT2D eigenvalue weighted by atomic mass is 10.2. The Hall–Kier alpha value is -2.10. The largest absolute Gasteiger partial charge is 0.298 e. The van der Waals surface area contributed by atoms with Crippen LogP contribution in [0.5, 0.6) is 0 Å². The van der Waals surface area contributed by atoms with Crippen LogP contribution in [-0.2, 0) is 10.0 Å². The number of carbonyl (C=O) groups is 2. The van der Waals surface area contributed by atoms with Crippen LogP contribution in [0.2, 0.25) is 0 Å². The number of Topliss-reactive ketones (excluding diaryl/α,β-unsaturated/α-hetero) is 1. The van der Waals surface area contributed by atoms with Gasteiger partial charge >= 0.3 is 0 Å². The minimum Gasteiger partial charge on any atom is -0.298 e. The fourth-order valence-corrected chi connectivity index (χ4v) is 5.42. The highest BCUT2D eigenvalue weighted by Gasteiger charge is 2.26. The van der Waals surface area contributed by atoms with Crippen molar-refractivity contribution in [1.82, 2.24) is 9.29 Å². The number of thiazole rings is 1. The van der Waals surface area contributed by atoms with Gasteiger partial charge in [-0.05, 0) is 38.0 Å². The van der Waals surface area contributed by atoms with Gasteiger partial charge in [0.2, 0.25) is 10.0 Å². The number of anilines is 1. The Morgan fingerprint density at radius 2 is 1.89 bits per heavy atom. The van der Waals surface area contributed by atoms with E-state index in [1.54, 1.807) is 19.1 Å². The third-order valence-corrected chi connectivity index (χ3v) is 7.45. The van der Waals surface area contributed by atoms with Crippen LogP contribution >= 0.6 is 11.3 Å². The number of ketones is 1. The summed E-state index contributed by atoms with van der Waals surface area (Å²) in [6.45, 7) is 4.16. The summed E-state index contributed by atoms with van der Waals surface area (Å²) in [4.78, 5) is 28.8. The van der Waals surface area contributed by atoms with Crippen LogP contribution in [0.1, 0.15) is 51.9 Å². The minimum absolute atomic E-state index is 0.108. The lowest BCUT2D eigenvalue weighted by Gasteiger charge is -2.26. The van der Waals surface area contributed by atoms with Gasteiger partial charge < -0.3 is 0 Å². The molecule has 1 N–H and O–H groups in total. The predicted molar refractivity (Wildman–Crippen MR) is 104 cm³/mol. The van der Waals surface area contributed by atoms with Gasteiger partial charge in [-0.15, -0.1) is 0 Å². The van der Waals surface area contributed by atoms with Gasteiger partial charge in [-0.25, -0.2) is 13.4 Å². The fraction of sp³-hybridized carbons (Fsp3) is 0.389. The Labute approximate surface area is 162 Å². The van der Waals surface area contributed by atoms with Crippen LogP contribution in [0, 0.1) is 6.92 Å². The van der Waals surface area contributed by atoms with E-state index in [2.05, 4.69) is 10.3 Å². The van der Waals surface area contributed by atoms with Gasteiger partial charge in [-0.3, -0.25) is 14.9 Å². The topological polar surface area (TPSA) is 96.4 Å². The maximum Gasteiger partial charge on any atom is 0.257 e. The fourth-order valence-electron chi connectivity index (χ4n) is 3.00. The minimum atomic E-state index is -3.61. The molecule has 9 heteroatoms. The van der Waals surface area contributed by atoms with Crippen LogP contribution in [0.3, 0.4) is 0 Å². The van der Waals surface area contributed by atoms with Crippen LogP contribution < -0.4 is 5.32 Å². The smallest absolute Gasteiger partial charge is 0.257 e. The molecule has 0 aliphatic carbocycles. The number of hydrogen-bond donors (Lipinski definition) is 1. The van der Waals surface area contributed by atoms with Crippen LogP contribution in [0.15, 0.2) is 29.2 Å². The molecule has 3 rings (SSSR count). The molecule has 0 saturated carbocycles. The molecule has 1 fully saturated rings. The number of nitrogens with one attached hydrogen (secondary N) is 1. The molecule has 1 saturated heterocycles. The zero-order valence-corrected chi connectivity index (χ0v) is 16.8. The Kier molecular flexibility index (Phi) is 5.73. The van der Waals surface area contributed by atoms with Crippen molar-refractivity contribution < 1.29 is 18.0 Å². The summed E-state index contributed by atoms with van der Waals surface area (Å²) in [5.74, 6) is -0.574. The van der Waals surface area contributed by atoms with Crippen molar-refractivity contribution in [2.24, 2.45) is 0 Å². The average molecular weight is 408 g/mol. The molecule has 1 aromatic carbocycles. The van der Waals surface area contributed by atoms with Gasteiger partial charge in [0.05, 0.1) is 15.5 Å². The van der Waals surface area contributed by atoms with Crippen molar-refractivity contribution in [3.8, 4) is 0 Å². The second kappa shape index (κ2) is 7.87. The molecule has 144 valence electrons. The Morgan fingerprint density at radius 3 is 2.52 bits per heavy atom. The zero-order valence-electron chi connectivity index (χ0n) is 15.2. The molecule has 0 spiro atoms. The van der Waals surface area contributed by atoms with Gasteiger partial charge in [0.25, 0.3) is 5.91 Å². The quantitative estimate of drug-likeness (QED) is 0.769. The lowest BCUT2D eigenvalue weighted by molar-refractivity contribution is 0.101. The number of carbonyl (C=O) groups excluding carboxylic acids is 2. The highest BCUT2D eigenvalue weighted by molar-refractivity contribution is 7.89. The van der Waals surface area contributed by atoms with Gasteiger partial charge in [-0.2, -0.15) is 4.31 Å². The normalized spacial score (nSPS) is 15.5. The maximum atomic E-state index is 12.8. The molecule has 1 amide bonds. The van der Waals surface area contributed by atoms with Crippen LogP contribution in [0.4, 0.5) is 5.13 Å². The monoisotopic (exact) mass is 407 g/mol. The van der Waals surface area contributed by atoms with E-state index in [1.807, 2.05) is 0 Å². The number of aromatic nitrogens is 1. The van der Waals surface area contributed by atoms with Crippen molar-refractivity contribution in [3.05, 3.63) is 40.4 Å². The maximum absolute atomic E-state index is 12.8. The van der Waals surface area contributed by atoms with Gasteiger partial charge in [0, 0.05) is 25.6 Å². The first kappa shape index (κ1) is 19.7. The molecule has 2 heterocycles. The molecule has 7 nitrogen and oxygen atoms in total. The summed E-state index contributed by atoms with van der Waals surface area (Å²) >= 11 is 1.10. The first-order valence-corrected chi connectivity index (χ1v) is 10.9. The standard InChI is InChI=1S/C18H21N3O4S2/c1-12-16(13(2)22)26-18(19-12)20-17(23)14-7-6-8-15(11-14)27(24,25)21-9-4-3-5-10-21/h6-8,11H,3-5,9-10H2,1-2H3,(H,19,20,23). The summed E-state index contributed by atoms with van der Waals surface area (Å²) in [7, 11) is -3.61. The Balaban J connectivity index is 1.81. The Morgan fingerprint density at radius 1 is 1.19 bits per heavy atom. The number of aryl methyl sites for hydroxylation is 1.